The minimum atomic E-state index is -0.757. The number of nitrogens with zero attached hydrogens (tertiary/aromatic N) is 3. The fourth-order valence-electron chi connectivity index (χ4n) is 3.85. The summed E-state index contributed by atoms with van der Waals surface area (Å²) in [6.45, 7) is 0.721. The molecule has 0 unspecified atom stereocenters. The quantitative estimate of drug-likeness (QED) is 0.461. The van der Waals surface area contributed by atoms with Gasteiger partial charge in [-0.2, -0.15) is 0 Å². The molecule has 4 rings (SSSR count). The van der Waals surface area contributed by atoms with Crippen LogP contribution in [-0.4, -0.2) is 51.4 Å². The van der Waals surface area contributed by atoms with Crippen LogP contribution in [0.1, 0.15) is 30.2 Å². The van der Waals surface area contributed by atoms with Crippen LogP contribution in [0, 0.1) is 11.6 Å². The molecular formula is C23H23F2N3O4. The van der Waals surface area contributed by atoms with Crippen molar-refractivity contribution in [1.82, 2.24) is 14.9 Å². The van der Waals surface area contributed by atoms with Gasteiger partial charge in [0.15, 0.2) is 11.7 Å². The molecular weight excluding hydrogens is 420 g/mol. The number of hydroxylamine groups is 2. The smallest absolute Gasteiger partial charge is 0.343 e. The van der Waals surface area contributed by atoms with Crippen molar-refractivity contribution in [3.05, 3.63) is 65.6 Å². The highest BCUT2D eigenvalue weighted by molar-refractivity contribution is 5.77. The molecule has 1 saturated heterocycles. The number of aromatic nitrogens is 1. The molecule has 1 fully saturated rings. The molecule has 0 aliphatic carbocycles. The second-order valence-corrected chi connectivity index (χ2v) is 7.78. The zero-order valence-corrected chi connectivity index (χ0v) is 17.5. The fraction of sp³-hybridized carbons (Fsp3) is 0.304. The molecule has 0 atom stereocenters. The van der Waals surface area contributed by atoms with Crippen LogP contribution >= 0.6 is 0 Å². The van der Waals surface area contributed by atoms with E-state index in [0.717, 1.165) is 17.7 Å². The van der Waals surface area contributed by atoms with Gasteiger partial charge in [0.2, 0.25) is 0 Å². The number of piperidine rings is 1. The Morgan fingerprint density at radius 2 is 1.88 bits per heavy atom. The van der Waals surface area contributed by atoms with Gasteiger partial charge in [-0.05, 0) is 30.5 Å². The first kappa shape index (κ1) is 21.9. The van der Waals surface area contributed by atoms with Gasteiger partial charge in [0.05, 0.1) is 12.2 Å². The van der Waals surface area contributed by atoms with Gasteiger partial charge < -0.3 is 14.4 Å². The molecule has 0 spiro atoms. The third-order valence-corrected chi connectivity index (χ3v) is 5.62. The molecule has 2 aromatic carbocycles. The minimum absolute atomic E-state index is 0.0981. The number of urea groups is 1. The number of rotatable bonds is 4. The zero-order chi connectivity index (χ0) is 22.8. The van der Waals surface area contributed by atoms with Gasteiger partial charge in [0, 0.05) is 37.7 Å². The maximum Gasteiger partial charge on any atom is 0.343 e. The Morgan fingerprint density at radius 3 is 2.47 bits per heavy atom. The molecule has 9 heteroatoms. The van der Waals surface area contributed by atoms with Crippen LogP contribution in [0.25, 0.3) is 22.6 Å². The Balaban J connectivity index is 1.69. The number of carbonyl (C=O) groups excluding carboxylic acids is 1. The average Bonchev–Trinajstić information content (AvgIpc) is 3.23. The highest BCUT2D eigenvalue weighted by atomic mass is 19.1. The summed E-state index contributed by atoms with van der Waals surface area (Å²) in [5.74, 6) is -0.939. The Labute approximate surface area is 183 Å². The number of halogens is 2. The van der Waals surface area contributed by atoms with Crippen LogP contribution in [0.3, 0.4) is 0 Å². The second-order valence-electron chi connectivity index (χ2n) is 7.78. The van der Waals surface area contributed by atoms with Crippen molar-refractivity contribution in [1.29, 1.82) is 0 Å². The molecule has 1 aliphatic rings. The molecule has 2 N–H and O–H groups in total. The van der Waals surface area contributed by atoms with E-state index in [-0.39, 0.29) is 23.8 Å². The van der Waals surface area contributed by atoms with Gasteiger partial charge in [0.25, 0.3) is 0 Å². The minimum Gasteiger partial charge on any atom is -0.440 e. The summed E-state index contributed by atoms with van der Waals surface area (Å²) in [4.78, 5) is 18.1. The highest BCUT2D eigenvalue weighted by Gasteiger charge is 2.30. The molecule has 0 bridgehead atoms. The van der Waals surface area contributed by atoms with Crippen LogP contribution in [0.4, 0.5) is 13.6 Å². The molecule has 32 heavy (non-hydrogen) atoms. The van der Waals surface area contributed by atoms with Gasteiger partial charge in [-0.25, -0.2) is 23.6 Å². The number of aliphatic hydroxyl groups is 1. The van der Waals surface area contributed by atoms with Crippen molar-refractivity contribution in [2.45, 2.75) is 25.4 Å². The predicted molar refractivity (Wildman–Crippen MR) is 112 cm³/mol. The number of amides is 2. The first-order valence-corrected chi connectivity index (χ1v) is 10.2. The Kier molecular flexibility index (Phi) is 6.20. The molecule has 1 aromatic heterocycles. The standard InChI is InChI=1S/C23H23F2N3O4/c1-27(31)23(30)28-10-8-16(9-11-28)22-26-20(15-4-2-14(13-29)3-5-15)21(32-22)18-7-6-17(24)12-19(18)25/h2-7,12,16,29,31H,8-11,13H2,1H3. The molecule has 2 heterocycles. The lowest BCUT2D eigenvalue weighted by Gasteiger charge is -2.31. The lowest BCUT2D eigenvalue weighted by molar-refractivity contribution is -0.0358. The van der Waals surface area contributed by atoms with Gasteiger partial charge >= 0.3 is 6.03 Å². The monoisotopic (exact) mass is 443 g/mol. The second kappa shape index (κ2) is 9.05. The molecule has 2 amide bonds. The van der Waals surface area contributed by atoms with E-state index in [0.29, 0.717) is 48.1 Å². The average molecular weight is 443 g/mol. The van der Waals surface area contributed by atoms with E-state index in [1.54, 1.807) is 24.3 Å². The lowest BCUT2D eigenvalue weighted by Crippen LogP contribution is -2.43. The Bertz CT molecular complexity index is 1110. The highest BCUT2D eigenvalue weighted by Crippen LogP contribution is 2.38. The van der Waals surface area contributed by atoms with Crippen molar-refractivity contribution in [3.63, 3.8) is 0 Å². The number of hydrogen-bond donors (Lipinski definition) is 2. The third kappa shape index (κ3) is 4.35. The molecule has 3 aromatic rings. The number of carbonyl (C=O) groups is 1. The first-order valence-electron chi connectivity index (χ1n) is 10.2. The van der Waals surface area contributed by atoms with Crippen LogP contribution in [0.15, 0.2) is 46.9 Å². The topological polar surface area (TPSA) is 90.0 Å². The van der Waals surface area contributed by atoms with Crippen molar-refractivity contribution in [2.24, 2.45) is 0 Å². The van der Waals surface area contributed by atoms with E-state index in [1.807, 2.05) is 0 Å². The molecule has 7 nitrogen and oxygen atoms in total. The van der Waals surface area contributed by atoms with E-state index in [1.165, 1.54) is 18.0 Å². The molecule has 1 aliphatic heterocycles. The normalized spacial score (nSPS) is 14.6. The van der Waals surface area contributed by atoms with E-state index in [4.69, 9.17) is 4.42 Å². The van der Waals surface area contributed by atoms with Crippen LogP contribution < -0.4 is 0 Å². The maximum absolute atomic E-state index is 14.6. The molecule has 0 saturated carbocycles. The van der Waals surface area contributed by atoms with Gasteiger partial charge in [-0.1, -0.05) is 24.3 Å². The zero-order valence-electron chi connectivity index (χ0n) is 17.5. The fourth-order valence-corrected chi connectivity index (χ4v) is 3.85. The van der Waals surface area contributed by atoms with Gasteiger partial charge in [-0.15, -0.1) is 0 Å². The molecule has 0 radical (unpaired) electrons. The van der Waals surface area contributed by atoms with Crippen LogP contribution in [0.2, 0.25) is 0 Å². The number of hydrogen-bond acceptors (Lipinski definition) is 5. The van der Waals surface area contributed by atoms with E-state index in [9.17, 15) is 23.9 Å². The largest absolute Gasteiger partial charge is 0.440 e. The molecule has 168 valence electrons. The third-order valence-electron chi connectivity index (χ3n) is 5.62. The summed E-state index contributed by atoms with van der Waals surface area (Å²) in [6, 6.07) is 9.80. The van der Waals surface area contributed by atoms with Crippen molar-refractivity contribution in [3.8, 4) is 22.6 Å². The van der Waals surface area contributed by atoms with Gasteiger partial charge in [-0.3, -0.25) is 5.21 Å². The SMILES string of the molecule is CN(O)C(=O)N1CCC(c2nc(-c3ccc(CO)cc3)c(-c3ccc(F)cc3F)o2)CC1. The summed E-state index contributed by atoms with van der Waals surface area (Å²) < 4.78 is 34.1. The van der Waals surface area contributed by atoms with Gasteiger partial charge in [0.1, 0.15) is 17.3 Å². The summed E-state index contributed by atoms with van der Waals surface area (Å²) in [7, 11) is 1.28. The first-order chi connectivity index (χ1) is 15.4. The van der Waals surface area contributed by atoms with Crippen LogP contribution in [0.5, 0.6) is 0 Å². The van der Waals surface area contributed by atoms with Crippen LogP contribution in [-0.2, 0) is 6.61 Å². The maximum atomic E-state index is 14.6. The van der Waals surface area contributed by atoms with Crippen molar-refractivity contribution in [2.75, 3.05) is 20.1 Å². The predicted octanol–water partition coefficient (Wildman–Crippen LogP) is 4.40. The summed E-state index contributed by atoms with van der Waals surface area (Å²) in [5, 5.41) is 19.2. The summed E-state index contributed by atoms with van der Waals surface area (Å²) in [5.41, 5.74) is 1.91. The number of oxazole rings is 1. The number of benzene rings is 2. The van der Waals surface area contributed by atoms with E-state index in [2.05, 4.69) is 4.98 Å². The Morgan fingerprint density at radius 1 is 1.19 bits per heavy atom. The van der Waals surface area contributed by atoms with E-state index < -0.39 is 17.7 Å². The summed E-state index contributed by atoms with van der Waals surface area (Å²) in [6.07, 6.45) is 1.13. The van der Waals surface area contributed by atoms with Crippen molar-refractivity contribution >= 4 is 6.03 Å². The Hall–Kier alpha value is -3.30. The lowest BCUT2D eigenvalue weighted by atomic mass is 9.97. The number of likely N-dealkylation sites (tertiary alicyclic amines) is 1. The van der Waals surface area contributed by atoms with Crippen molar-refractivity contribution < 1.29 is 28.3 Å². The summed E-state index contributed by atoms with van der Waals surface area (Å²) >= 11 is 0. The number of aliphatic hydroxyl groups excluding tert-OH is 1. The van der Waals surface area contributed by atoms with E-state index >= 15 is 0 Å².